The molecule has 5 aromatic rings. The van der Waals surface area contributed by atoms with Crippen LogP contribution in [0, 0.1) is 13.8 Å². The molecule has 13 heteroatoms. The maximum absolute atomic E-state index is 13.1. The van der Waals surface area contributed by atoms with Gasteiger partial charge in [-0.3, -0.25) is 38.6 Å². The first-order chi connectivity index (χ1) is 28.6. The monoisotopic (exact) mass is 797 g/mol. The van der Waals surface area contributed by atoms with Gasteiger partial charge in [0.05, 0.1) is 22.5 Å². The molecule has 1 saturated heterocycles. The second-order valence-corrected chi connectivity index (χ2v) is 16.2. The van der Waals surface area contributed by atoms with E-state index in [4.69, 9.17) is 9.51 Å². The van der Waals surface area contributed by atoms with Crippen LogP contribution in [0.3, 0.4) is 0 Å². The molecule has 1 saturated carbocycles. The smallest absolute Gasteiger partial charge is 0.262 e. The van der Waals surface area contributed by atoms with E-state index < -0.39 is 29.7 Å². The topological polar surface area (TPSA) is 168 Å². The number of unbranched alkanes of at least 4 members (excludes halogenated alkanes) is 2. The van der Waals surface area contributed by atoms with E-state index in [1.165, 1.54) is 37.7 Å². The third-order valence-corrected chi connectivity index (χ3v) is 11.9. The number of ketones is 1. The third-order valence-electron chi connectivity index (χ3n) is 11.9. The molecular weight excluding hydrogens is 747 g/mol. The quantitative estimate of drug-likeness (QED) is 0.0680. The molecule has 4 amide bonds. The molecule has 0 bridgehead atoms. The van der Waals surface area contributed by atoms with E-state index in [0.717, 1.165) is 82.3 Å². The Morgan fingerprint density at radius 3 is 2.41 bits per heavy atom. The predicted molar refractivity (Wildman–Crippen MR) is 223 cm³/mol. The first kappa shape index (κ1) is 39.7. The maximum atomic E-state index is 13.1. The van der Waals surface area contributed by atoms with Crippen molar-refractivity contribution in [2.75, 3.05) is 17.2 Å². The van der Waals surface area contributed by atoms with Gasteiger partial charge in [0, 0.05) is 49.3 Å². The highest BCUT2D eigenvalue weighted by Crippen LogP contribution is 2.32. The van der Waals surface area contributed by atoms with Gasteiger partial charge in [0.1, 0.15) is 29.1 Å². The van der Waals surface area contributed by atoms with Crippen LogP contribution >= 0.6 is 0 Å². The second kappa shape index (κ2) is 17.4. The first-order valence-electron chi connectivity index (χ1n) is 21.0. The summed E-state index contributed by atoms with van der Waals surface area (Å²) in [4.78, 5) is 68.9. The summed E-state index contributed by atoms with van der Waals surface area (Å²) in [5.74, 6) is 0.0107. The van der Waals surface area contributed by atoms with Crippen molar-refractivity contribution in [2.24, 2.45) is 0 Å². The number of nitrogens with zero attached hydrogens (tertiary/aromatic N) is 4. The van der Waals surface area contributed by atoms with Crippen LogP contribution in [0.1, 0.15) is 120 Å². The third kappa shape index (κ3) is 8.69. The van der Waals surface area contributed by atoms with Crippen LogP contribution in [0.4, 0.5) is 11.5 Å². The Hall–Kier alpha value is -6.11. The van der Waals surface area contributed by atoms with Gasteiger partial charge in [-0.1, -0.05) is 55.1 Å². The van der Waals surface area contributed by atoms with Gasteiger partial charge in [-0.2, -0.15) is 0 Å². The number of benzene rings is 2. The van der Waals surface area contributed by atoms with Gasteiger partial charge in [-0.15, -0.1) is 0 Å². The Balaban J connectivity index is 0.795. The summed E-state index contributed by atoms with van der Waals surface area (Å²) in [7, 11) is 0. The van der Waals surface area contributed by atoms with Crippen molar-refractivity contribution >= 4 is 46.6 Å². The zero-order valence-electron chi connectivity index (χ0n) is 33.8. The Morgan fingerprint density at radius 1 is 0.864 bits per heavy atom. The standard InChI is InChI=1S/C46H51N7O6/c1-28-42(29(2)59-51-28)32-22-24-52-40(26-32)49-38(43(52)48-33-9-5-3-6-10-33)19-16-30-12-14-31(15-13-30)25-35(54)11-7-4-8-23-47-34-17-18-36-37(27-34)46(58)53(45(36)57)39-20-21-41(55)50-44(39)56/h12-15,17-18,22,24,26-27,33,39,47-48H,3-11,16,19-21,23,25H2,1-2H3,(H,50,55,56). The van der Waals surface area contributed by atoms with E-state index in [1.807, 2.05) is 13.8 Å². The van der Waals surface area contributed by atoms with Gasteiger partial charge in [0.2, 0.25) is 11.8 Å². The van der Waals surface area contributed by atoms with Crippen LogP contribution in [-0.2, 0) is 33.6 Å². The van der Waals surface area contributed by atoms with Crippen molar-refractivity contribution in [3.8, 4) is 11.1 Å². The number of hydrogen-bond donors (Lipinski definition) is 3. The molecule has 2 fully saturated rings. The number of Topliss-reactive ketones (excluding diaryl/α,β-unsaturated/α-hetero) is 1. The number of imidazole rings is 1. The number of rotatable bonds is 16. The van der Waals surface area contributed by atoms with Gasteiger partial charge in [0.15, 0.2) is 0 Å². The maximum Gasteiger partial charge on any atom is 0.262 e. The fraction of sp³-hybridized carbons (Fsp3) is 0.413. The summed E-state index contributed by atoms with van der Waals surface area (Å²) in [5.41, 5.74) is 8.31. The number of carbonyl (C=O) groups excluding carboxylic acids is 5. The molecule has 13 nitrogen and oxygen atoms in total. The van der Waals surface area contributed by atoms with E-state index in [0.29, 0.717) is 31.1 Å². The van der Waals surface area contributed by atoms with Crippen LogP contribution in [0.5, 0.6) is 0 Å². The number of aryl methyl sites for hydroxylation is 4. The molecule has 3 aromatic heterocycles. The molecule has 5 heterocycles. The number of pyridine rings is 1. The summed E-state index contributed by atoms with van der Waals surface area (Å²) in [6, 6.07) is 17.1. The highest BCUT2D eigenvalue weighted by molar-refractivity contribution is 6.23. The minimum absolute atomic E-state index is 0.0789. The molecule has 2 aromatic carbocycles. The van der Waals surface area contributed by atoms with Gasteiger partial charge in [0.25, 0.3) is 11.8 Å². The second-order valence-electron chi connectivity index (χ2n) is 16.2. The molecule has 1 atom stereocenters. The lowest BCUT2D eigenvalue weighted by Gasteiger charge is -2.27. The van der Waals surface area contributed by atoms with Crippen molar-refractivity contribution in [2.45, 2.75) is 116 Å². The summed E-state index contributed by atoms with van der Waals surface area (Å²) in [5, 5.41) is 13.5. The van der Waals surface area contributed by atoms with E-state index in [2.05, 4.69) is 68.1 Å². The highest BCUT2D eigenvalue weighted by atomic mass is 16.5. The number of imide groups is 2. The lowest BCUT2D eigenvalue weighted by molar-refractivity contribution is -0.136. The van der Waals surface area contributed by atoms with Gasteiger partial charge in [-0.05, 0) is 106 Å². The molecule has 0 radical (unpaired) electrons. The van der Waals surface area contributed by atoms with E-state index >= 15 is 0 Å². The zero-order valence-corrected chi connectivity index (χ0v) is 33.8. The molecule has 3 aliphatic rings. The van der Waals surface area contributed by atoms with E-state index in [1.54, 1.807) is 18.2 Å². The number of amides is 4. The molecule has 1 unspecified atom stereocenters. The summed E-state index contributed by atoms with van der Waals surface area (Å²) >= 11 is 0. The average Bonchev–Trinajstić information content (AvgIpc) is 3.84. The number of anilines is 2. The largest absolute Gasteiger partial charge is 0.385 e. The Kier molecular flexibility index (Phi) is 11.7. The lowest BCUT2D eigenvalue weighted by Crippen LogP contribution is -2.54. The number of piperidine rings is 1. The minimum Gasteiger partial charge on any atom is -0.385 e. The van der Waals surface area contributed by atoms with Crippen LogP contribution in [-0.4, -0.2) is 67.5 Å². The molecule has 1 aliphatic carbocycles. The van der Waals surface area contributed by atoms with Crippen LogP contribution < -0.4 is 16.0 Å². The fourth-order valence-corrected chi connectivity index (χ4v) is 8.75. The van der Waals surface area contributed by atoms with Crippen molar-refractivity contribution < 1.29 is 28.5 Å². The van der Waals surface area contributed by atoms with Crippen molar-refractivity contribution in [1.29, 1.82) is 0 Å². The number of nitrogens with one attached hydrogen (secondary N) is 3. The van der Waals surface area contributed by atoms with Crippen molar-refractivity contribution in [1.82, 2.24) is 24.8 Å². The Morgan fingerprint density at radius 2 is 1.64 bits per heavy atom. The molecule has 2 aliphatic heterocycles. The zero-order chi connectivity index (χ0) is 41.0. The van der Waals surface area contributed by atoms with Crippen molar-refractivity contribution in [3.63, 3.8) is 0 Å². The highest BCUT2D eigenvalue weighted by Gasteiger charge is 2.44. The molecular formula is C46H51N7O6. The van der Waals surface area contributed by atoms with Crippen LogP contribution in [0.25, 0.3) is 16.8 Å². The normalized spacial score (nSPS) is 17.1. The molecule has 3 N–H and O–H groups in total. The fourth-order valence-electron chi connectivity index (χ4n) is 8.75. The van der Waals surface area contributed by atoms with Gasteiger partial charge >= 0.3 is 0 Å². The number of hydrogen-bond acceptors (Lipinski definition) is 10. The Labute approximate surface area is 343 Å². The van der Waals surface area contributed by atoms with Crippen molar-refractivity contribution in [3.05, 3.63) is 100 Å². The predicted octanol–water partition coefficient (Wildman–Crippen LogP) is 7.32. The first-order valence-corrected chi connectivity index (χ1v) is 21.0. The summed E-state index contributed by atoms with van der Waals surface area (Å²) < 4.78 is 7.63. The van der Waals surface area contributed by atoms with E-state index in [-0.39, 0.29) is 29.8 Å². The SMILES string of the molecule is Cc1noc(C)c1-c1ccn2c(NC3CCCCC3)c(CCc3ccc(CC(=O)CCCCCNc4ccc5c(c4)C(=O)N(C4CCC(=O)NC4=O)C5=O)cc3)nc2c1. The minimum atomic E-state index is -0.989. The average molecular weight is 798 g/mol. The number of carbonyl (C=O) groups is 5. The van der Waals surface area contributed by atoms with Crippen LogP contribution in [0.2, 0.25) is 0 Å². The van der Waals surface area contributed by atoms with Gasteiger partial charge in [-0.25, -0.2) is 4.98 Å². The number of aromatic nitrogens is 3. The molecule has 306 valence electrons. The van der Waals surface area contributed by atoms with Crippen LogP contribution in [0.15, 0.2) is 65.3 Å². The molecule has 8 rings (SSSR count). The molecule has 59 heavy (non-hydrogen) atoms. The molecule has 0 spiro atoms. The number of fused-ring (bicyclic) bond motifs is 2. The lowest BCUT2D eigenvalue weighted by atomic mass is 9.95. The Bertz CT molecular complexity index is 2390. The summed E-state index contributed by atoms with van der Waals surface area (Å²) in [6.07, 6.45) is 13.5. The van der Waals surface area contributed by atoms with E-state index in [9.17, 15) is 24.0 Å². The van der Waals surface area contributed by atoms with Gasteiger partial charge < -0.3 is 15.2 Å². The summed E-state index contributed by atoms with van der Waals surface area (Å²) in [6.45, 7) is 4.55.